The van der Waals surface area contributed by atoms with E-state index < -0.39 is 68.9 Å². The third kappa shape index (κ3) is 9.48. The highest BCUT2D eigenvalue weighted by molar-refractivity contribution is 7.92. The zero-order valence-corrected chi connectivity index (χ0v) is 24.5. The molecule has 0 aromatic heterocycles. The summed E-state index contributed by atoms with van der Waals surface area (Å²) in [6, 6.07) is 13.8. The number of sulfone groups is 1. The van der Waals surface area contributed by atoms with E-state index in [1.165, 1.54) is 31.4 Å². The summed E-state index contributed by atoms with van der Waals surface area (Å²) in [6.07, 6.45) is -1.58. The molecule has 0 bridgehead atoms. The maximum absolute atomic E-state index is 13.8. The normalized spacial score (nSPS) is 14.0. The molecule has 218 valence electrons. The van der Waals surface area contributed by atoms with Crippen molar-refractivity contribution in [2.24, 2.45) is 5.92 Å². The van der Waals surface area contributed by atoms with Gasteiger partial charge in [0.05, 0.1) is 24.5 Å². The lowest BCUT2D eigenvalue weighted by Crippen LogP contribution is -2.53. The molecule has 10 nitrogen and oxygen atoms in total. The number of nitrogens with one attached hydrogen (secondary N) is 2. The molecular formula is C29H38N2O8S. The summed E-state index contributed by atoms with van der Waals surface area (Å²) in [4.78, 5) is 51.8. The second kappa shape index (κ2) is 14.1. The molecule has 2 rings (SSSR count). The van der Waals surface area contributed by atoms with Crippen LogP contribution < -0.4 is 10.6 Å². The predicted molar refractivity (Wildman–Crippen MR) is 149 cm³/mol. The molecule has 0 aliphatic carbocycles. The van der Waals surface area contributed by atoms with Crippen molar-refractivity contribution in [1.29, 1.82) is 0 Å². The summed E-state index contributed by atoms with van der Waals surface area (Å²) >= 11 is 0. The number of ketones is 1. The SMILES string of the molecule is COC(=O)[C@@H](Cc1ccccc1)NC(=O)CC(C(=O)[C@@H](NC(=O)OC(C)(C)C)C(C)C)S(=O)(=O)c1ccccc1. The molecule has 0 aliphatic heterocycles. The second-order valence-electron chi connectivity index (χ2n) is 10.7. The number of methoxy groups -OCH3 is 1. The first kappa shape index (κ1) is 32.5. The first-order valence-corrected chi connectivity index (χ1v) is 14.4. The van der Waals surface area contributed by atoms with Crippen molar-refractivity contribution in [2.45, 2.75) is 75.3 Å². The van der Waals surface area contributed by atoms with Gasteiger partial charge in [0.15, 0.2) is 15.6 Å². The maximum atomic E-state index is 13.8. The number of esters is 1. The third-order valence-electron chi connectivity index (χ3n) is 5.88. The van der Waals surface area contributed by atoms with Gasteiger partial charge >= 0.3 is 12.1 Å². The average Bonchev–Trinajstić information content (AvgIpc) is 2.89. The standard InChI is InChI=1S/C29H38N2O8S/c1-19(2)25(31-28(35)39-29(3,4)5)26(33)23(40(36,37)21-15-11-8-12-16-21)18-24(32)30-22(27(34)38-6)17-20-13-9-7-10-14-20/h7-16,19,22-23,25H,17-18H2,1-6H3,(H,30,32)(H,31,35)/t22-,23?,25+/m1/s1. The molecule has 0 aliphatic rings. The van der Waals surface area contributed by atoms with Gasteiger partial charge in [-0.25, -0.2) is 18.0 Å². The van der Waals surface area contributed by atoms with Crippen molar-refractivity contribution in [3.05, 3.63) is 66.2 Å². The van der Waals surface area contributed by atoms with Gasteiger partial charge < -0.3 is 20.1 Å². The van der Waals surface area contributed by atoms with E-state index in [1.54, 1.807) is 71.0 Å². The Labute approximate surface area is 235 Å². The van der Waals surface area contributed by atoms with Gasteiger partial charge in [0.1, 0.15) is 16.9 Å². The summed E-state index contributed by atoms with van der Waals surface area (Å²) < 4.78 is 37.5. The van der Waals surface area contributed by atoms with Crippen LogP contribution in [-0.2, 0) is 40.1 Å². The fourth-order valence-electron chi connectivity index (χ4n) is 3.95. The van der Waals surface area contributed by atoms with Crippen LogP contribution in [0.3, 0.4) is 0 Å². The van der Waals surface area contributed by atoms with Crippen molar-refractivity contribution in [1.82, 2.24) is 10.6 Å². The summed E-state index contributed by atoms with van der Waals surface area (Å²) in [7, 11) is -3.21. The van der Waals surface area contributed by atoms with Crippen LogP contribution in [0.5, 0.6) is 0 Å². The van der Waals surface area contributed by atoms with Crippen LogP contribution in [0.4, 0.5) is 4.79 Å². The van der Waals surface area contributed by atoms with E-state index in [-0.39, 0.29) is 11.3 Å². The lowest BCUT2D eigenvalue weighted by atomic mass is 9.96. The molecule has 0 saturated heterocycles. The van der Waals surface area contributed by atoms with Crippen molar-refractivity contribution in [3.63, 3.8) is 0 Å². The average molecular weight is 575 g/mol. The smallest absolute Gasteiger partial charge is 0.408 e. The van der Waals surface area contributed by atoms with Crippen LogP contribution in [-0.4, -0.2) is 62.2 Å². The number of hydrogen-bond donors (Lipinski definition) is 2. The van der Waals surface area contributed by atoms with Crippen LogP contribution in [0.2, 0.25) is 0 Å². The molecule has 2 N–H and O–H groups in total. The van der Waals surface area contributed by atoms with Gasteiger partial charge in [-0.05, 0) is 44.4 Å². The van der Waals surface area contributed by atoms with Gasteiger partial charge in [0.25, 0.3) is 0 Å². The summed E-state index contributed by atoms with van der Waals surface area (Å²) in [5.74, 6) is -2.98. The van der Waals surface area contributed by atoms with E-state index >= 15 is 0 Å². The molecule has 1 unspecified atom stereocenters. The molecule has 3 atom stereocenters. The first-order chi connectivity index (χ1) is 18.7. The van der Waals surface area contributed by atoms with Crippen LogP contribution in [0, 0.1) is 5.92 Å². The van der Waals surface area contributed by atoms with E-state index in [2.05, 4.69) is 10.6 Å². The maximum Gasteiger partial charge on any atom is 0.408 e. The second-order valence-corrected chi connectivity index (χ2v) is 12.8. The number of hydrogen-bond acceptors (Lipinski definition) is 8. The molecular weight excluding hydrogens is 536 g/mol. The van der Waals surface area contributed by atoms with Gasteiger partial charge in [0.2, 0.25) is 5.91 Å². The molecule has 11 heteroatoms. The molecule has 0 fully saturated rings. The molecule has 0 spiro atoms. The van der Waals surface area contributed by atoms with Gasteiger partial charge in [-0.2, -0.15) is 0 Å². The highest BCUT2D eigenvalue weighted by atomic mass is 32.2. The quantitative estimate of drug-likeness (QED) is 0.368. The zero-order valence-electron chi connectivity index (χ0n) is 23.7. The van der Waals surface area contributed by atoms with Crippen molar-refractivity contribution >= 4 is 33.6 Å². The number of amides is 2. The van der Waals surface area contributed by atoms with Crippen molar-refractivity contribution in [3.8, 4) is 0 Å². The van der Waals surface area contributed by atoms with Crippen molar-refractivity contribution < 1.29 is 37.1 Å². The first-order valence-electron chi connectivity index (χ1n) is 12.9. The Hall–Kier alpha value is -3.73. The van der Waals surface area contributed by atoms with E-state index in [9.17, 15) is 27.6 Å². The Morgan fingerprint density at radius 1 is 0.875 bits per heavy atom. The molecule has 0 heterocycles. The number of Topliss-reactive ketones (excluding diaryl/α,β-unsaturated/α-hetero) is 1. The Morgan fingerprint density at radius 3 is 1.93 bits per heavy atom. The minimum atomic E-state index is -4.38. The number of ether oxygens (including phenoxy) is 2. The van der Waals surface area contributed by atoms with Gasteiger partial charge in [-0.3, -0.25) is 9.59 Å². The molecule has 2 aromatic rings. The minimum absolute atomic E-state index is 0.0954. The molecule has 0 radical (unpaired) electrons. The largest absolute Gasteiger partial charge is 0.467 e. The van der Waals surface area contributed by atoms with Crippen LogP contribution in [0.25, 0.3) is 0 Å². The Kier molecular flexibility index (Phi) is 11.4. The van der Waals surface area contributed by atoms with E-state index in [4.69, 9.17) is 9.47 Å². The summed E-state index contributed by atoms with van der Waals surface area (Å²) in [6.45, 7) is 8.23. The summed E-state index contributed by atoms with van der Waals surface area (Å²) in [5, 5.41) is 3.14. The number of rotatable bonds is 12. The van der Waals surface area contributed by atoms with Crippen LogP contribution in [0.1, 0.15) is 46.6 Å². The number of alkyl carbamates (subject to hydrolysis) is 1. The number of carbonyl (C=O) groups is 4. The van der Waals surface area contributed by atoms with Gasteiger partial charge in [-0.15, -0.1) is 0 Å². The van der Waals surface area contributed by atoms with Crippen molar-refractivity contribution in [2.75, 3.05) is 7.11 Å². The lowest BCUT2D eigenvalue weighted by Gasteiger charge is -2.28. The van der Waals surface area contributed by atoms with E-state index in [1.807, 2.05) is 0 Å². The molecule has 2 amide bonds. The lowest BCUT2D eigenvalue weighted by molar-refractivity contribution is -0.145. The summed E-state index contributed by atoms with van der Waals surface area (Å²) in [5.41, 5.74) is -0.115. The van der Waals surface area contributed by atoms with Crippen LogP contribution in [0.15, 0.2) is 65.6 Å². The Morgan fingerprint density at radius 2 is 1.43 bits per heavy atom. The monoisotopic (exact) mass is 574 g/mol. The fraction of sp³-hybridized carbons (Fsp3) is 0.448. The zero-order chi connectivity index (χ0) is 30.1. The predicted octanol–water partition coefficient (Wildman–Crippen LogP) is 3.24. The Balaban J connectivity index is 2.41. The molecule has 2 aromatic carbocycles. The topological polar surface area (TPSA) is 145 Å². The van der Waals surface area contributed by atoms with Gasteiger partial charge in [-0.1, -0.05) is 62.4 Å². The third-order valence-corrected chi connectivity index (χ3v) is 7.96. The fourth-order valence-corrected chi connectivity index (χ4v) is 5.63. The molecule has 0 saturated carbocycles. The highest BCUT2D eigenvalue weighted by Crippen LogP contribution is 2.23. The highest BCUT2D eigenvalue weighted by Gasteiger charge is 2.41. The van der Waals surface area contributed by atoms with Crippen LogP contribution >= 0.6 is 0 Å². The van der Waals surface area contributed by atoms with E-state index in [0.717, 1.165) is 5.56 Å². The number of benzene rings is 2. The molecule has 40 heavy (non-hydrogen) atoms. The minimum Gasteiger partial charge on any atom is -0.467 e. The number of carbonyl (C=O) groups excluding carboxylic acids is 4. The Bertz CT molecular complexity index is 1270. The van der Waals surface area contributed by atoms with E-state index in [0.29, 0.717) is 0 Å². The van der Waals surface area contributed by atoms with Gasteiger partial charge in [0, 0.05) is 6.42 Å².